The van der Waals surface area contributed by atoms with E-state index >= 15 is 0 Å². The van der Waals surface area contributed by atoms with Crippen LogP contribution in [0.5, 0.6) is 5.75 Å². The third kappa shape index (κ3) is 5.86. The summed E-state index contributed by atoms with van der Waals surface area (Å²) in [5, 5.41) is 10.7. The van der Waals surface area contributed by atoms with Crippen LogP contribution in [0.15, 0.2) is 42.5 Å². The summed E-state index contributed by atoms with van der Waals surface area (Å²) in [4.78, 5) is 0. The maximum absolute atomic E-state index is 10.7. The molecule has 2 aromatic carbocycles. The van der Waals surface area contributed by atoms with Crippen molar-refractivity contribution in [1.29, 1.82) is 0 Å². The minimum Gasteiger partial charge on any atom is -0.507 e. The third-order valence-corrected chi connectivity index (χ3v) is 5.73. The zero-order chi connectivity index (χ0) is 19.6. The lowest BCUT2D eigenvalue weighted by molar-refractivity contribution is 0.473. The van der Waals surface area contributed by atoms with Crippen molar-refractivity contribution < 1.29 is 5.11 Å². The van der Waals surface area contributed by atoms with Crippen molar-refractivity contribution in [2.45, 2.75) is 90.9 Å². The number of phenolic OH excluding ortho intramolecular Hbond substituents is 1. The van der Waals surface area contributed by atoms with Gasteiger partial charge in [-0.1, -0.05) is 89.8 Å². The predicted molar refractivity (Wildman–Crippen MR) is 119 cm³/mol. The molecule has 0 unspecified atom stereocenters. The van der Waals surface area contributed by atoms with Crippen LogP contribution < -0.4 is 0 Å². The van der Waals surface area contributed by atoms with Crippen molar-refractivity contribution in [3.63, 3.8) is 0 Å². The highest BCUT2D eigenvalue weighted by Gasteiger charge is 2.14. The van der Waals surface area contributed by atoms with Crippen LogP contribution in [0, 0.1) is 0 Å². The number of hydrogen-bond donors (Lipinski definition) is 1. The average molecular weight is 367 g/mol. The van der Waals surface area contributed by atoms with Crippen LogP contribution in [0.3, 0.4) is 0 Å². The highest BCUT2D eigenvalue weighted by Crippen LogP contribution is 2.36. The van der Waals surface area contributed by atoms with Gasteiger partial charge in [0.25, 0.3) is 0 Å². The lowest BCUT2D eigenvalue weighted by Crippen LogP contribution is -1.99. The first-order chi connectivity index (χ1) is 13.1. The van der Waals surface area contributed by atoms with E-state index in [2.05, 4.69) is 64.1 Å². The van der Waals surface area contributed by atoms with Gasteiger partial charge in [0.1, 0.15) is 5.75 Å². The molecule has 0 aromatic heterocycles. The second-order valence-corrected chi connectivity index (χ2v) is 7.95. The van der Waals surface area contributed by atoms with Gasteiger partial charge in [-0.3, -0.25) is 0 Å². The fourth-order valence-corrected chi connectivity index (χ4v) is 4.33. The Kier molecular flexibility index (Phi) is 8.91. The van der Waals surface area contributed by atoms with Crippen LogP contribution in [0.4, 0.5) is 0 Å². The molecule has 0 bridgehead atoms. The van der Waals surface area contributed by atoms with Crippen LogP contribution in [0.1, 0.15) is 102 Å². The number of hydrogen-bond acceptors (Lipinski definition) is 1. The second kappa shape index (κ2) is 11.2. The monoisotopic (exact) mass is 366 g/mol. The highest BCUT2D eigenvalue weighted by molar-refractivity contribution is 5.70. The molecule has 0 saturated carbocycles. The molecule has 0 aliphatic heterocycles. The van der Waals surface area contributed by atoms with Gasteiger partial charge in [-0.25, -0.2) is 0 Å². The number of benzene rings is 2. The van der Waals surface area contributed by atoms with Gasteiger partial charge < -0.3 is 5.11 Å². The fraction of sp³-hybridized carbons (Fsp3) is 0.538. The summed E-state index contributed by atoms with van der Waals surface area (Å²) >= 11 is 0. The summed E-state index contributed by atoms with van der Waals surface area (Å²) in [6, 6.07) is 15.2. The average Bonchev–Trinajstić information content (AvgIpc) is 2.68. The topological polar surface area (TPSA) is 20.2 Å². The Bertz CT molecular complexity index is 659. The number of aromatic hydroxyl groups is 1. The van der Waals surface area contributed by atoms with Gasteiger partial charge in [0.05, 0.1) is 0 Å². The predicted octanol–water partition coefficient (Wildman–Crippen LogP) is 8.43. The van der Waals surface area contributed by atoms with Gasteiger partial charge >= 0.3 is 0 Å². The molecule has 2 rings (SSSR count). The maximum atomic E-state index is 10.7. The number of phenols is 1. The van der Waals surface area contributed by atoms with Gasteiger partial charge in [0.2, 0.25) is 0 Å². The molecule has 0 atom stereocenters. The zero-order valence-electron chi connectivity index (χ0n) is 17.8. The van der Waals surface area contributed by atoms with E-state index in [1.807, 2.05) is 6.07 Å². The quantitative estimate of drug-likeness (QED) is 0.423. The minimum atomic E-state index is 0.413. The molecule has 27 heavy (non-hydrogen) atoms. The van der Waals surface area contributed by atoms with Gasteiger partial charge in [-0.05, 0) is 60.3 Å². The summed E-state index contributed by atoms with van der Waals surface area (Å²) in [5.74, 6) is 1.64. The van der Waals surface area contributed by atoms with Crippen LogP contribution >= 0.6 is 0 Å². The summed E-state index contributed by atoms with van der Waals surface area (Å²) in [5.41, 5.74) is 4.77. The van der Waals surface area contributed by atoms with Crippen LogP contribution in [-0.4, -0.2) is 5.11 Å². The van der Waals surface area contributed by atoms with Gasteiger partial charge in [-0.2, -0.15) is 0 Å². The SMILES string of the molecule is CCCC(CCC)c1ccc(-c2ccc(C(CCC)CCC)cc2O)cc1. The normalized spacial score (nSPS) is 11.5. The molecule has 0 heterocycles. The van der Waals surface area contributed by atoms with E-state index in [0.717, 1.165) is 11.1 Å². The molecule has 0 fully saturated rings. The molecule has 148 valence electrons. The number of rotatable bonds is 11. The van der Waals surface area contributed by atoms with Gasteiger partial charge in [0, 0.05) is 5.56 Å². The third-order valence-electron chi connectivity index (χ3n) is 5.73. The summed E-state index contributed by atoms with van der Waals surface area (Å²) in [6.45, 7) is 9.01. The van der Waals surface area contributed by atoms with E-state index in [1.54, 1.807) is 0 Å². The van der Waals surface area contributed by atoms with E-state index in [-0.39, 0.29) is 0 Å². The van der Waals surface area contributed by atoms with Crippen LogP contribution in [0.25, 0.3) is 11.1 Å². The Hall–Kier alpha value is -1.76. The molecule has 0 aliphatic carbocycles. The summed E-state index contributed by atoms with van der Waals surface area (Å²) in [7, 11) is 0. The molecule has 0 aliphatic rings. The minimum absolute atomic E-state index is 0.413. The molecule has 1 heteroatoms. The highest BCUT2D eigenvalue weighted by atomic mass is 16.3. The molecule has 2 aromatic rings. The molecule has 0 spiro atoms. The van der Waals surface area contributed by atoms with Gasteiger partial charge in [0.15, 0.2) is 0 Å². The molecule has 1 N–H and O–H groups in total. The first-order valence-corrected chi connectivity index (χ1v) is 11.1. The lowest BCUT2D eigenvalue weighted by Gasteiger charge is -2.18. The zero-order valence-corrected chi connectivity index (χ0v) is 17.8. The van der Waals surface area contributed by atoms with Crippen LogP contribution in [-0.2, 0) is 0 Å². The van der Waals surface area contributed by atoms with Crippen molar-refractivity contribution in [2.75, 3.05) is 0 Å². The van der Waals surface area contributed by atoms with Crippen molar-refractivity contribution in [2.24, 2.45) is 0 Å². The second-order valence-electron chi connectivity index (χ2n) is 7.95. The Morgan fingerprint density at radius 3 is 1.52 bits per heavy atom. The fourth-order valence-electron chi connectivity index (χ4n) is 4.33. The van der Waals surface area contributed by atoms with Crippen molar-refractivity contribution in [3.05, 3.63) is 53.6 Å². The molecular weight excluding hydrogens is 328 g/mol. The molecule has 0 saturated heterocycles. The largest absolute Gasteiger partial charge is 0.507 e. The summed E-state index contributed by atoms with van der Waals surface area (Å²) < 4.78 is 0. The smallest absolute Gasteiger partial charge is 0.123 e. The maximum Gasteiger partial charge on any atom is 0.123 e. The first kappa shape index (κ1) is 21.5. The molecule has 1 nitrogen and oxygen atoms in total. The Balaban J connectivity index is 2.22. The standard InChI is InChI=1S/C26H38O/c1-5-9-20(10-6-2)22-13-15-23(16-14-22)25-18-17-24(19-26(25)27)21(11-7-3)12-8-4/h13-21,27H,5-12H2,1-4H3. The van der Waals surface area contributed by atoms with E-state index in [0.29, 0.717) is 17.6 Å². The van der Waals surface area contributed by atoms with Gasteiger partial charge in [-0.15, -0.1) is 0 Å². The van der Waals surface area contributed by atoms with E-state index in [9.17, 15) is 5.11 Å². The van der Waals surface area contributed by atoms with Crippen molar-refractivity contribution >= 4 is 0 Å². The van der Waals surface area contributed by atoms with E-state index in [4.69, 9.17) is 0 Å². The molecule has 0 amide bonds. The summed E-state index contributed by atoms with van der Waals surface area (Å²) in [6.07, 6.45) is 9.72. The van der Waals surface area contributed by atoms with Crippen molar-refractivity contribution in [1.82, 2.24) is 0 Å². The Morgan fingerprint density at radius 2 is 1.07 bits per heavy atom. The van der Waals surface area contributed by atoms with Crippen molar-refractivity contribution in [3.8, 4) is 16.9 Å². The molecular formula is C26H38O. The van der Waals surface area contributed by atoms with E-state index in [1.165, 1.54) is 62.5 Å². The Labute approximate surface area is 166 Å². The Morgan fingerprint density at radius 1 is 0.630 bits per heavy atom. The first-order valence-electron chi connectivity index (χ1n) is 11.1. The lowest BCUT2D eigenvalue weighted by atomic mass is 9.87. The van der Waals surface area contributed by atoms with E-state index < -0.39 is 0 Å². The molecule has 0 radical (unpaired) electrons. The van der Waals surface area contributed by atoms with Crippen LogP contribution in [0.2, 0.25) is 0 Å².